The van der Waals surface area contributed by atoms with Gasteiger partial charge in [0, 0.05) is 13.1 Å². The van der Waals surface area contributed by atoms with Crippen molar-refractivity contribution in [2.45, 2.75) is 44.8 Å². The molecule has 1 amide bonds. The average molecular weight is 212 g/mol. The maximum atomic E-state index is 11.7. The third-order valence-electron chi connectivity index (χ3n) is 3.67. The SMILES string of the molecule is CC1(CNC(=O)[C@H]2C[C@H](O)CN2)CCC1. The van der Waals surface area contributed by atoms with Crippen LogP contribution in [0.15, 0.2) is 0 Å². The first kappa shape index (κ1) is 10.9. The molecule has 15 heavy (non-hydrogen) atoms. The van der Waals surface area contributed by atoms with E-state index >= 15 is 0 Å². The van der Waals surface area contributed by atoms with Gasteiger partial charge in [0.05, 0.1) is 12.1 Å². The predicted molar refractivity (Wildman–Crippen MR) is 57.4 cm³/mol. The fourth-order valence-electron chi connectivity index (χ4n) is 2.30. The van der Waals surface area contributed by atoms with Crippen LogP contribution in [0.2, 0.25) is 0 Å². The van der Waals surface area contributed by atoms with Gasteiger partial charge in [0.15, 0.2) is 0 Å². The molecule has 0 unspecified atom stereocenters. The molecule has 0 spiro atoms. The molecule has 0 bridgehead atoms. The lowest BCUT2D eigenvalue weighted by Gasteiger charge is -2.38. The molecule has 86 valence electrons. The second-order valence-corrected chi connectivity index (χ2v) is 5.23. The first-order valence-corrected chi connectivity index (χ1v) is 5.78. The van der Waals surface area contributed by atoms with Gasteiger partial charge in [-0.25, -0.2) is 0 Å². The van der Waals surface area contributed by atoms with Crippen molar-refractivity contribution in [1.29, 1.82) is 0 Å². The highest BCUT2D eigenvalue weighted by atomic mass is 16.3. The summed E-state index contributed by atoms with van der Waals surface area (Å²) < 4.78 is 0. The van der Waals surface area contributed by atoms with Crippen molar-refractivity contribution in [3.63, 3.8) is 0 Å². The highest BCUT2D eigenvalue weighted by Crippen LogP contribution is 2.39. The van der Waals surface area contributed by atoms with Gasteiger partial charge in [-0.05, 0) is 24.7 Å². The summed E-state index contributed by atoms with van der Waals surface area (Å²) in [6.07, 6.45) is 3.90. The van der Waals surface area contributed by atoms with Crippen molar-refractivity contribution in [2.75, 3.05) is 13.1 Å². The maximum Gasteiger partial charge on any atom is 0.237 e. The van der Waals surface area contributed by atoms with Crippen LogP contribution in [0.4, 0.5) is 0 Å². The van der Waals surface area contributed by atoms with Gasteiger partial charge in [-0.2, -0.15) is 0 Å². The number of aliphatic hydroxyl groups is 1. The Kier molecular flexibility index (Phi) is 2.98. The molecule has 0 aromatic carbocycles. The minimum absolute atomic E-state index is 0.0414. The molecule has 2 aliphatic rings. The van der Waals surface area contributed by atoms with Gasteiger partial charge in [-0.3, -0.25) is 4.79 Å². The number of hydrogen-bond acceptors (Lipinski definition) is 3. The van der Waals surface area contributed by atoms with Gasteiger partial charge in [0.25, 0.3) is 0 Å². The number of amides is 1. The summed E-state index contributed by atoms with van der Waals surface area (Å²) >= 11 is 0. The molecule has 2 atom stereocenters. The third-order valence-corrected chi connectivity index (χ3v) is 3.67. The summed E-state index contributed by atoms with van der Waals surface area (Å²) in [6, 6.07) is -0.191. The van der Waals surface area contributed by atoms with Crippen molar-refractivity contribution in [3.05, 3.63) is 0 Å². The molecule has 2 fully saturated rings. The van der Waals surface area contributed by atoms with Crippen LogP contribution in [-0.4, -0.2) is 36.2 Å². The van der Waals surface area contributed by atoms with Crippen molar-refractivity contribution >= 4 is 5.91 Å². The summed E-state index contributed by atoms with van der Waals surface area (Å²) in [4.78, 5) is 11.7. The molecule has 4 nitrogen and oxygen atoms in total. The fraction of sp³-hybridized carbons (Fsp3) is 0.909. The Balaban J connectivity index is 1.72. The van der Waals surface area contributed by atoms with Crippen LogP contribution in [0.5, 0.6) is 0 Å². The Hall–Kier alpha value is -0.610. The van der Waals surface area contributed by atoms with Crippen LogP contribution in [-0.2, 0) is 4.79 Å². The van der Waals surface area contributed by atoms with Crippen molar-refractivity contribution in [2.24, 2.45) is 5.41 Å². The molecule has 0 radical (unpaired) electrons. The number of hydrogen-bond donors (Lipinski definition) is 3. The minimum atomic E-state index is -0.361. The Morgan fingerprint density at radius 1 is 1.60 bits per heavy atom. The molecule has 1 heterocycles. The predicted octanol–water partition coefficient (Wildman–Crippen LogP) is 0.0156. The lowest BCUT2D eigenvalue weighted by atomic mass is 9.70. The molecule has 1 saturated carbocycles. The minimum Gasteiger partial charge on any atom is -0.392 e. The summed E-state index contributed by atoms with van der Waals surface area (Å²) in [5.74, 6) is 0.0414. The monoisotopic (exact) mass is 212 g/mol. The van der Waals surface area contributed by atoms with Crippen LogP contribution in [0, 0.1) is 5.41 Å². The van der Waals surface area contributed by atoms with E-state index in [-0.39, 0.29) is 18.1 Å². The topological polar surface area (TPSA) is 61.4 Å². The molecule has 1 aliphatic carbocycles. The lowest BCUT2D eigenvalue weighted by Crippen LogP contribution is -2.46. The van der Waals surface area contributed by atoms with Crippen LogP contribution in [0.25, 0.3) is 0 Å². The van der Waals surface area contributed by atoms with Crippen molar-refractivity contribution < 1.29 is 9.90 Å². The second kappa shape index (κ2) is 4.10. The van der Waals surface area contributed by atoms with Crippen LogP contribution in [0.3, 0.4) is 0 Å². The molecule has 1 saturated heterocycles. The lowest BCUT2D eigenvalue weighted by molar-refractivity contribution is -0.123. The smallest absolute Gasteiger partial charge is 0.237 e. The van der Waals surface area contributed by atoms with Crippen LogP contribution < -0.4 is 10.6 Å². The first-order valence-electron chi connectivity index (χ1n) is 5.78. The largest absolute Gasteiger partial charge is 0.392 e. The van der Waals surface area contributed by atoms with Gasteiger partial charge in [-0.15, -0.1) is 0 Å². The summed E-state index contributed by atoms with van der Waals surface area (Å²) in [6.45, 7) is 3.53. The number of rotatable bonds is 3. The fourth-order valence-corrected chi connectivity index (χ4v) is 2.30. The number of nitrogens with one attached hydrogen (secondary N) is 2. The average Bonchev–Trinajstić information content (AvgIpc) is 2.58. The summed E-state index contributed by atoms with van der Waals surface area (Å²) in [5, 5.41) is 15.3. The number of aliphatic hydroxyl groups excluding tert-OH is 1. The Morgan fingerprint density at radius 3 is 2.80 bits per heavy atom. The van der Waals surface area contributed by atoms with Gasteiger partial charge >= 0.3 is 0 Å². The summed E-state index contributed by atoms with van der Waals surface area (Å²) in [5.41, 5.74) is 0.326. The van der Waals surface area contributed by atoms with Crippen molar-refractivity contribution in [1.82, 2.24) is 10.6 Å². The zero-order valence-electron chi connectivity index (χ0n) is 9.25. The highest BCUT2D eigenvalue weighted by Gasteiger charge is 2.34. The van der Waals surface area contributed by atoms with E-state index in [1.54, 1.807) is 0 Å². The molecule has 2 rings (SSSR count). The van der Waals surface area contributed by atoms with Crippen LogP contribution in [0.1, 0.15) is 32.6 Å². The van der Waals surface area contributed by atoms with E-state index < -0.39 is 0 Å². The molecular weight excluding hydrogens is 192 g/mol. The van der Waals surface area contributed by atoms with Crippen molar-refractivity contribution in [3.8, 4) is 0 Å². The number of carbonyl (C=O) groups excluding carboxylic acids is 1. The maximum absolute atomic E-state index is 11.7. The molecule has 4 heteroatoms. The summed E-state index contributed by atoms with van der Waals surface area (Å²) in [7, 11) is 0. The van der Waals surface area contributed by atoms with E-state index in [2.05, 4.69) is 17.6 Å². The first-order chi connectivity index (χ1) is 7.09. The Bertz CT molecular complexity index is 251. The quantitative estimate of drug-likeness (QED) is 0.618. The van der Waals surface area contributed by atoms with Crippen LogP contribution >= 0.6 is 0 Å². The van der Waals surface area contributed by atoms with E-state index in [4.69, 9.17) is 0 Å². The van der Waals surface area contributed by atoms with E-state index in [0.717, 1.165) is 6.54 Å². The normalized spacial score (nSPS) is 33.5. The zero-order valence-corrected chi connectivity index (χ0v) is 9.25. The van der Waals surface area contributed by atoms with E-state index in [1.165, 1.54) is 19.3 Å². The molecule has 3 N–H and O–H groups in total. The van der Waals surface area contributed by atoms with E-state index in [0.29, 0.717) is 18.4 Å². The molecular formula is C11H20N2O2. The Morgan fingerprint density at radius 2 is 2.33 bits per heavy atom. The zero-order chi connectivity index (χ0) is 10.9. The second-order valence-electron chi connectivity index (χ2n) is 5.23. The van der Waals surface area contributed by atoms with E-state index in [1.807, 2.05) is 0 Å². The van der Waals surface area contributed by atoms with Gasteiger partial charge in [-0.1, -0.05) is 13.3 Å². The van der Waals surface area contributed by atoms with E-state index in [9.17, 15) is 9.90 Å². The van der Waals surface area contributed by atoms with Gasteiger partial charge in [0.2, 0.25) is 5.91 Å². The Labute approximate surface area is 90.4 Å². The standard InChI is InChI=1S/C11H20N2O2/c1-11(3-2-4-11)7-13-10(15)9-5-8(14)6-12-9/h8-9,12,14H,2-7H2,1H3,(H,13,15)/t8-,9+/m0/s1. The molecule has 1 aliphatic heterocycles. The van der Waals surface area contributed by atoms with Gasteiger partial charge in [0.1, 0.15) is 0 Å². The molecule has 0 aromatic rings. The molecule has 0 aromatic heterocycles. The third kappa shape index (κ3) is 2.49. The number of carbonyl (C=O) groups is 1. The number of β-amino-alcohol motifs (C(OH)–C–C–N with tert-alkyl or cyclic N) is 1. The highest BCUT2D eigenvalue weighted by molar-refractivity contribution is 5.82. The van der Waals surface area contributed by atoms with Gasteiger partial charge < -0.3 is 15.7 Å².